The number of likely N-dealkylation sites (tertiary alicyclic amines) is 1. The fourth-order valence-electron chi connectivity index (χ4n) is 2.89. The Morgan fingerprint density at radius 2 is 2.30 bits per heavy atom. The van der Waals surface area contributed by atoms with Gasteiger partial charge in [-0.05, 0) is 43.4 Å². The number of hydrogen-bond acceptors (Lipinski definition) is 2. The first-order valence-corrected chi connectivity index (χ1v) is 7.28. The van der Waals surface area contributed by atoms with Crippen LogP contribution in [-0.2, 0) is 4.79 Å². The fourth-order valence-corrected chi connectivity index (χ4v) is 2.89. The van der Waals surface area contributed by atoms with Gasteiger partial charge in [-0.25, -0.2) is 4.39 Å². The SMILES string of the molecule is C[C@H](CC(=O)N1CC[C@@H](N)C[C@@H]1C)c1cccc(F)c1. The maximum absolute atomic E-state index is 13.2. The summed E-state index contributed by atoms with van der Waals surface area (Å²) >= 11 is 0. The second-order valence-corrected chi connectivity index (χ2v) is 5.88. The molecule has 1 amide bonds. The summed E-state index contributed by atoms with van der Waals surface area (Å²) in [5.41, 5.74) is 6.79. The number of nitrogens with two attached hydrogens (primary N) is 1. The Hall–Kier alpha value is -1.42. The topological polar surface area (TPSA) is 46.3 Å². The highest BCUT2D eigenvalue weighted by atomic mass is 19.1. The maximum atomic E-state index is 13.2. The van der Waals surface area contributed by atoms with E-state index in [0.717, 1.165) is 24.9 Å². The molecule has 110 valence electrons. The third kappa shape index (κ3) is 3.57. The lowest BCUT2D eigenvalue weighted by Crippen LogP contribution is -2.48. The lowest BCUT2D eigenvalue weighted by atomic mass is 9.94. The van der Waals surface area contributed by atoms with E-state index in [1.54, 1.807) is 6.07 Å². The first-order chi connectivity index (χ1) is 9.47. The van der Waals surface area contributed by atoms with Crippen LogP contribution in [0.15, 0.2) is 24.3 Å². The standard InChI is InChI=1S/C16H23FN2O/c1-11(13-4-3-5-14(17)10-13)8-16(20)19-7-6-15(18)9-12(19)2/h3-5,10-12,15H,6-9,18H2,1-2H3/t11-,12+,15-/m1/s1. The van der Waals surface area contributed by atoms with Crippen molar-refractivity contribution in [3.63, 3.8) is 0 Å². The number of piperidine rings is 1. The number of rotatable bonds is 3. The minimum atomic E-state index is -0.251. The average Bonchev–Trinajstić information content (AvgIpc) is 2.38. The van der Waals surface area contributed by atoms with Crippen LogP contribution >= 0.6 is 0 Å². The zero-order valence-electron chi connectivity index (χ0n) is 12.2. The molecule has 2 rings (SSSR count). The lowest BCUT2D eigenvalue weighted by molar-refractivity contribution is -0.134. The molecule has 1 aliphatic heterocycles. The molecule has 1 saturated heterocycles. The first kappa shape index (κ1) is 15.0. The number of amides is 1. The molecule has 1 heterocycles. The summed E-state index contributed by atoms with van der Waals surface area (Å²) in [6.07, 6.45) is 2.15. The van der Waals surface area contributed by atoms with Crippen molar-refractivity contribution in [1.82, 2.24) is 4.90 Å². The molecule has 2 N–H and O–H groups in total. The molecule has 0 saturated carbocycles. The molecule has 0 spiro atoms. The Labute approximate surface area is 120 Å². The largest absolute Gasteiger partial charge is 0.340 e. The van der Waals surface area contributed by atoms with E-state index in [-0.39, 0.29) is 29.7 Å². The Bertz CT molecular complexity index is 477. The molecule has 3 atom stereocenters. The van der Waals surface area contributed by atoms with Crippen molar-refractivity contribution in [2.24, 2.45) is 5.73 Å². The van der Waals surface area contributed by atoms with Gasteiger partial charge in [0.15, 0.2) is 0 Å². The van der Waals surface area contributed by atoms with Gasteiger partial charge >= 0.3 is 0 Å². The number of benzene rings is 1. The van der Waals surface area contributed by atoms with Crippen LogP contribution in [0, 0.1) is 5.82 Å². The third-order valence-corrected chi connectivity index (χ3v) is 4.14. The van der Waals surface area contributed by atoms with Crippen molar-refractivity contribution in [3.8, 4) is 0 Å². The van der Waals surface area contributed by atoms with E-state index in [0.29, 0.717) is 6.42 Å². The summed E-state index contributed by atoms with van der Waals surface area (Å²) in [5, 5.41) is 0. The third-order valence-electron chi connectivity index (χ3n) is 4.14. The van der Waals surface area contributed by atoms with Crippen molar-refractivity contribution in [2.45, 2.75) is 51.1 Å². The number of carbonyl (C=O) groups is 1. The van der Waals surface area contributed by atoms with E-state index < -0.39 is 0 Å². The molecule has 1 aromatic rings. The van der Waals surface area contributed by atoms with Gasteiger partial charge in [0, 0.05) is 25.0 Å². The van der Waals surface area contributed by atoms with Gasteiger partial charge in [0.1, 0.15) is 5.82 Å². The van der Waals surface area contributed by atoms with Crippen LogP contribution < -0.4 is 5.73 Å². The first-order valence-electron chi connectivity index (χ1n) is 7.28. The molecule has 0 radical (unpaired) electrons. The van der Waals surface area contributed by atoms with Gasteiger partial charge in [0.2, 0.25) is 5.91 Å². The predicted octanol–water partition coefficient (Wildman–Crippen LogP) is 2.66. The van der Waals surface area contributed by atoms with Crippen LogP contribution in [0.25, 0.3) is 0 Å². The molecular formula is C16H23FN2O. The van der Waals surface area contributed by atoms with Crippen molar-refractivity contribution in [2.75, 3.05) is 6.54 Å². The summed E-state index contributed by atoms with van der Waals surface area (Å²) in [7, 11) is 0. The highest BCUT2D eigenvalue weighted by Gasteiger charge is 2.27. The zero-order valence-corrected chi connectivity index (χ0v) is 12.2. The van der Waals surface area contributed by atoms with Gasteiger partial charge < -0.3 is 10.6 Å². The maximum Gasteiger partial charge on any atom is 0.223 e. The van der Waals surface area contributed by atoms with Gasteiger partial charge in [-0.15, -0.1) is 0 Å². The highest BCUT2D eigenvalue weighted by molar-refractivity contribution is 5.77. The van der Waals surface area contributed by atoms with Crippen LogP contribution in [0.5, 0.6) is 0 Å². The van der Waals surface area contributed by atoms with E-state index in [1.807, 2.05) is 24.8 Å². The minimum Gasteiger partial charge on any atom is -0.340 e. The Balaban J connectivity index is 1.97. The Kier molecular flexibility index (Phi) is 4.76. The molecule has 0 unspecified atom stereocenters. The van der Waals surface area contributed by atoms with Gasteiger partial charge in [0.25, 0.3) is 0 Å². The van der Waals surface area contributed by atoms with Crippen LogP contribution in [0.1, 0.15) is 44.6 Å². The summed E-state index contributed by atoms with van der Waals surface area (Å²) in [4.78, 5) is 14.3. The van der Waals surface area contributed by atoms with Crippen LogP contribution in [0.4, 0.5) is 4.39 Å². The molecule has 1 aromatic carbocycles. The van der Waals surface area contributed by atoms with Crippen molar-refractivity contribution in [3.05, 3.63) is 35.6 Å². The lowest BCUT2D eigenvalue weighted by Gasteiger charge is -2.37. The van der Waals surface area contributed by atoms with E-state index >= 15 is 0 Å². The van der Waals surface area contributed by atoms with Gasteiger partial charge in [0.05, 0.1) is 0 Å². The second kappa shape index (κ2) is 6.35. The van der Waals surface area contributed by atoms with Gasteiger partial charge in [-0.2, -0.15) is 0 Å². The number of carbonyl (C=O) groups excluding carboxylic acids is 1. The summed E-state index contributed by atoms with van der Waals surface area (Å²) in [6, 6.07) is 6.89. The number of nitrogens with zero attached hydrogens (tertiary/aromatic N) is 1. The molecule has 0 aliphatic carbocycles. The fraction of sp³-hybridized carbons (Fsp3) is 0.562. The predicted molar refractivity (Wildman–Crippen MR) is 77.8 cm³/mol. The van der Waals surface area contributed by atoms with Crippen LogP contribution in [0.2, 0.25) is 0 Å². The zero-order chi connectivity index (χ0) is 14.7. The van der Waals surface area contributed by atoms with Crippen LogP contribution in [0.3, 0.4) is 0 Å². The quantitative estimate of drug-likeness (QED) is 0.924. The molecule has 0 bridgehead atoms. The Morgan fingerprint density at radius 3 is 2.95 bits per heavy atom. The van der Waals surface area contributed by atoms with Gasteiger partial charge in [-0.1, -0.05) is 19.1 Å². The second-order valence-electron chi connectivity index (χ2n) is 5.88. The molecule has 20 heavy (non-hydrogen) atoms. The molecule has 0 aromatic heterocycles. The summed E-state index contributed by atoms with van der Waals surface area (Å²) in [5.74, 6) is -0.0822. The molecule has 3 nitrogen and oxygen atoms in total. The smallest absolute Gasteiger partial charge is 0.223 e. The molecular weight excluding hydrogens is 255 g/mol. The number of halogens is 1. The highest BCUT2D eigenvalue weighted by Crippen LogP contribution is 2.23. The molecule has 4 heteroatoms. The minimum absolute atomic E-state index is 0.0287. The van der Waals surface area contributed by atoms with E-state index in [9.17, 15) is 9.18 Å². The van der Waals surface area contributed by atoms with Crippen molar-refractivity contribution < 1.29 is 9.18 Å². The monoisotopic (exact) mass is 278 g/mol. The van der Waals surface area contributed by atoms with Crippen molar-refractivity contribution >= 4 is 5.91 Å². The molecule has 1 aliphatic rings. The normalized spacial score (nSPS) is 24.5. The number of hydrogen-bond donors (Lipinski definition) is 1. The summed E-state index contributed by atoms with van der Waals surface area (Å²) < 4.78 is 13.2. The van der Waals surface area contributed by atoms with E-state index in [1.165, 1.54) is 12.1 Å². The average molecular weight is 278 g/mol. The Morgan fingerprint density at radius 1 is 1.55 bits per heavy atom. The van der Waals surface area contributed by atoms with E-state index in [2.05, 4.69) is 0 Å². The molecule has 1 fully saturated rings. The van der Waals surface area contributed by atoms with Crippen LogP contribution in [-0.4, -0.2) is 29.4 Å². The van der Waals surface area contributed by atoms with Crippen molar-refractivity contribution in [1.29, 1.82) is 0 Å². The van der Waals surface area contributed by atoms with Gasteiger partial charge in [-0.3, -0.25) is 4.79 Å². The summed E-state index contributed by atoms with van der Waals surface area (Å²) in [6.45, 7) is 4.74. The van der Waals surface area contributed by atoms with E-state index in [4.69, 9.17) is 5.73 Å².